The molecule has 208 valence electrons. The largest absolute Gasteiger partial charge is 0.489 e. The summed E-state index contributed by atoms with van der Waals surface area (Å²) in [5.74, 6) is 0.872. The molecule has 38 heavy (non-hydrogen) atoms. The quantitative estimate of drug-likeness (QED) is 0.511. The van der Waals surface area contributed by atoms with Crippen LogP contribution in [0.15, 0.2) is 22.6 Å². The number of carbonyl (C=O) groups is 2. The summed E-state index contributed by atoms with van der Waals surface area (Å²) in [4.78, 5) is 33.7. The molecule has 1 aromatic heterocycles. The lowest BCUT2D eigenvalue weighted by molar-refractivity contribution is -0.132. The fraction of sp³-hybridized carbons (Fsp3) is 0.593. The van der Waals surface area contributed by atoms with Gasteiger partial charge >= 0.3 is 6.61 Å². The summed E-state index contributed by atoms with van der Waals surface area (Å²) in [5.41, 5.74) is 6.42. The zero-order valence-corrected chi connectivity index (χ0v) is 22.0. The number of amides is 2. The van der Waals surface area contributed by atoms with Crippen LogP contribution in [0.25, 0.3) is 11.5 Å². The van der Waals surface area contributed by atoms with E-state index in [0.29, 0.717) is 50.7 Å². The Morgan fingerprint density at radius 2 is 1.79 bits per heavy atom. The molecular weight excluding hydrogens is 498 g/mol. The van der Waals surface area contributed by atoms with E-state index in [-0.39, 0.29) is 53.1 Å². The van der Waals surface area contributed by atoms with Crippen LogP contribution in [0.3, 0.4) is 0 Å². The highest BCUT2D eigenvalue weighted by molar-refractivity contribution is 5.94. The van der Waals surface area contributed by atoms with Crippen molar-refractivity contribution in [1.29, 1.82) is 0 Å². The number of rotatable bonds is 9. The van der Waals surface area contributed by atoms with Gasteiger partial charge in [-0.3, -0.25) is 9.59 Å². The molecule has 1 saturated heterocycles. The van der Waals surface area contributed by atoms with Gasteiger partial charge in [0.15, 0.2) is 23.0 Å². The van der Waals surface area contributed by atoms with Crippen LogP contribution in [-0.2, 0) is 11.3 Å². The SMILES string of the molecule is CC.NCc1oc(-c2ccc(OC(F)F)c(OCC3CC3)c2)nc1C(=O)N1CCCN(C(=O)C2CC2)CC1. The van der Waals surface area contributed by atoms with Gasteiger partial charge in [0.25, 0.3) is 5.91 Å². The zero-order valence-electron chi connectivity index (χ0n) is 22.0. The molecule has 0 spiro atoms. The Hall–Kier alpha value is -3.21. The number of nitrogens with zero attached hydrogens (tertiary/aromatic N) is 3. The summed E-state index contributed by atoms with van der Waals surface area (Å²) in [6.45, 7) is 3.40. The van der Waals surface area contributed by atoms with E-state index in [1.165, 1.54) is 18.2 Å². The first-order valence-electron chi connectivity index (χ1n) is 13.4. The average molecular weight is 535 g/mol. The summed E-state index contributed by atoms with van der Waals surface area (Å²) in [6.07, 6.45) is 4.65. The third kappa shape index (κ3) is 6.80. The maximum Gasteiger partial charge on any atom is 0.387 e. The van der Waals surface area contributed by atoms with E-state index in [1.807, 2.05) is 18.7 Å². The van der Waals surface area contributed by atoms with Crippen LogP contribution in [0.2, 0.25) is 0 Å². The summed E-state index contributed by atoms with van der Waals surface area (Å²) in [5, 5.41) is 0. The maximum atomic E-state index is 13.3. The molecule has 11 heteroatoms. The van der Waals surface area contributed by atoms with Crippen molar-refractivity contribution in [2.75, 3.05) is 32.8 Å². The summed E-state index contributed by atoms with van der Waals surface area (Å²) in [6, 6.07) is 4.42. The molecule has 0 atom stereocenters. The Bertz CT molecular complexity index is 1120. The van der Waals surface area contributed by atoms with Gasteiger partial charge in [0.2, 0.25) is 11.8 Å². The number of benzene rings is 1. The first kappa shape index (κ1) is 27.8. The number of hydrogen-bond donors (Lipinski definition) is 1. The molecule has 9 nitrogen and oxygen atoms in total. The van der Waals surface area contributed by atoms with Gasteiger partial charge < -0.3 is 29.4 Å². The smallest absolute Gasteiger partial charge is 0.387 e. The molecule has 2 N–H and O–H groups in total. The standard InChI is InChI=1S/C25H30F2N4O5.C2H6/c26-25(27)36-18-7-6-17(12-19(18)34-14-15-2-3-15)22-29-21(20(13-28)35-22)24(33)31-9-1-8-30(10-11-31)23(32)16-4-5-16;1-2/h6-7,12,15-16,25H,1-5,8-11,13-14,28H2;1-2H3. The Labute approximate surface area is 221 Å². The van der Waals surface area contributed by atoms with Crippen LogP contribution in [0.5, 0.6) is 11.5 Å². The Kier molecular flexibility index (Phi) is 9.19. The van der Waals surface area contributed by atoms with Gasteiger partial charge in [-0.2, -0.15) is 8.78 Å². The van der Waals surface area contributed by atoms with Crippen LogP contribution in [-0.4, -0.2) is 66.0 Å². The highest BCUT2D eigenvalue weighted by Gasteiger charge is 2.35. The van der Waals surface area contributed by atoms with E-state index < -0.39 is 6.61 Å². The lowest BCUT2D eigenvalue weighted by atomic mass is 10.2. The van der Waals surface area contributed by atoms with Crippen molar-refractivity contribution < 1.29 is 32.3 Å². The van der Waals surface area contributed by atoms with E-state index in [2.05, 4.69) is 9.72 Å². The van der Waals surface area contributed by atoms with Gasteiger partial charge in [0.1, 0.15) is 0 Å². The van der Waals surface area contributed by atoms with Crippen molar-refractivity contribution in [3.8, 4) is 23.0 Å². The molecule has 3 fully saturated rings. The second-order valence-corrected chi connectivity index (χ2v) is 9.53. The molecule has 1 aromatic carbocycles. The van der Waals surface area contributed by atoms with Crippen LogP contribution in [0, 0.1) is 11.8 Å². The van der Waals surface area contributed by atoms with Gasteiger partial charge in [-0.1, -0.05) is 13.8 Å². The normalized spacial score (nSPS) is 17.5. The number of carbonyl (C=O) groups excluding carboxylic acids is 2. The minimum Gasteiger partial charge on any atom is -0.489 e. The molecule has 0 radical (unpaired) electrons. The topological polar surface area (TPSA) is 111 Å². The Morgan fingerprint density at radius 1 is 1.08 bits per heavy atom. The van der Waals surface area contributed by atoms with Crippen LogP contribution in [0.4, 0.5) is 8.78 Å². The third-order valence-corrected chi connectivity index (χ3v) is 6.68. The third-order valence-electron chi connectivity index (χ3n) is 6.68. The van der Waals surface area contributed by atoms with E-state index >= 15 is 0 Å². The number of aromatic nitrogens is 1. The minimum absolute atomic E-state index is 0.0359. The zero-order chi connectivity index (χ0) is 27.2. The molecule has 2 heterocycles. The second kappa shape index (κ2) is 12.6. The molecule has 0 unspecified atom stereocenters. The van der Waals surface area contributed by atoms with Crippen molar-refractivity contribution >= 4 is 11.8 Å². The van der Waals surface area contributed by atoms with E-state index in [1.54, 1.807) is 4.90 Å². The Balaban J connectivity index is 0.00000164. The van der Waals surface area contributed by atoms with Gasteiger partial charge in [-0.05, 0) is 56.2 Å². The van der Waals surface area contributed by atoms with E-state index in [4.69, 9.17) is 14.9 Å². The number of nitrogens with two attached hydrogens (primary N) is 1. The predicted octanol–water partition coefficient (Wildman–Crippen LogP) is 4.30. The summed E-state index contributed by atoms with van der Waals surface area (Å²) in [7, 11) is 0. The van der Waals surface area contributed by atoms with Crippen LogP contribution >= 0.6 is 0 Å². The Morgan fingerprint density at radius 3 is 2.45 bits per heavy atom. The molecule has 3 aliphatic rings. The van der Waals surface area contributed by atoms with Crippen molar-refractivity contribution in [3.05, 3.63) is 29.7 Å². The van der Waals surface area contributed by atoms with Crippen molar-refractivity contribution in [2.45, 2.75) is 59.1 Å². The molecule has 2 aliphatic carbocycles. The molecule has 0 bridgehead atoms. The van der Waals surface area contributed by atoms with Crippen molar-refractivity contribution in [2.24, 2.45) is 17.6 Å². The lowest BCUT2D eigenvalue weighted by Crippen LogP contribution is -2.38. The monoisotopic (exact) mass is 534 g/mol. The first-order valence-corrected chi connectivity index (χ1v) is 13.4. The summed E-state index contributed by atoms with van der Waals surface area (Å²) < 4.78 is 41.9. The van der Waals surface area contributed by atoms with Crippen LogP contribution in [0.1, 0.15) is 62.2 Å². The number of oxazole rings is 1. The highest BCUT2D eigenvalue weighted by atomic mass is 19.3. The van der Waals surface area contributed by atoms with Crippen LogP contribution < -0.4 is 15.2 Å². The number of hydrogen-bond acceptors (Lipinski definition) is 7. The molecule has 2 saturated carbocycles. The van der Waals surface area contributed by atoms with Gasteiger partial charge in [0.05, 0.1) is 13.2 Å². The van der Waals surface area contributed by atoms with Gasteiger partial charge in [-0.25, -0.2) is 4.98 Å². The first-order chi connectivity index (χ1) is 18.4. The number of alkyl halides is 2. The van der Waals surface area contributed by atoms with Gasteiger partial charge in [0, 0.05) is 37.7 Å². The van der Waals surface area contributed by atoms with Crippen molar-refractivity contribution in [3.63, 3.8) is 0 Å². The molecule has 2 amide bonds. The number of ether oxygens (including phenoxy) is 2. The summed E-state index contributed by atoms with van der Waals surface area (Å²) >= 11 is 0. The fourth-order valence-electron chi connectivity index (χ4n) is 4.30. The van der Waals surface area contributed by atoms with Gasteiger partial charge in [-0.15, -0.1) is 0 Å². The second-order valence-electron chi connectivity index (χ2n) is 9.53. The predicted molar refractivity (Wildman–Crippen MR) is 136 cm³/mol. The highest BCUT2D eigenvalue weighted by Crippen LogP contribution is 2.37. The molecule has 2 aromatic rings. The average Bonchev–Trinajstić information content (AvgIpc) is 3.84. The molecule has 1 aliphatic heterocycles. The van der Waals surface area contributed by atoms with E-state index in [9.17, 15) is 18.4 Å². The lowest BCUT2D eigenvalue weighted by Gasteiger charge is -2.21. The number of halogens is 2. The molecule has 5 rings (SSSR count). The fourth-order valence-corrected chi connectivity index (χ4v) is 4.30. The molecular formula is C27H36F2N4O5. The maximum absolute atomic E-state index is 13.3. The van der Waals surface area contributed by atoms with E-state index in [0.717, 1.165) is 25.7 Å². The minimum atomic E-state index is -2.99. The van der Waals surface area contributed by atoms with Crippen molar-refractivity contribution in [1.82, 2.24) is 14.8 Å².